The average Bonchev–Trinajstić information content (AvgIpc) is 3.59. The first-order chi connectivity index (χ1) is 13.6. The van der Waals surface area contributed by atoms with Crippen LogP contribution in [0.2, 0.25) is 0 Å². The summed E-state index contributed by atoms with van der Waals surface area (Å²) in [6, 6.07) is 17.9. The van der Waals surface area contributed by atoms with E-state index in [4.69, 9.17) is 4.74 Å². The van der Waals surface area contributed by atoms with Gasteiger partial charge in [0.2, 0.25) is 10.0 Å². The van der Waals surface area contributed by atoms with E-state index < -0.39 is 10.0 Å². The Labute approximate surface area is 167 Å². The molecule has 0 amide bonds. The molecular formula is C22H26N2O3S. The summed E-state index contributed by atoms with van der Waals surface area (Å²) in [5.41, 5.74) is 2.11. The summed E-state index contributed by atoms with van der Waals surface area (Å²) in [6.07, 6.45) is 2.57. The highest BCUT2D eigenvalue weighted by Crippen LogP contribution is 2.38. The molecule has 0 N–H and O–H groups in total. The molecule has 6 heteroatoms. The number of piperazine rings is 1. The van der Waals surface area contributed by atoms with Crippen molar-refractivity contribution in [1.29, 1.82) is 0 Å². The van der Waals surface area contributed by atoms with Crippen LogP contribution in [0.4, 0.5) is 0 Å². The minimum atomic E-state index is -3.48. The van der Waals surface area contributed by atoms with Crippen molar-refractivity contribution in [1.82, 2.24) is 9.21 Å². The lowest BCUT2D eigenvalue weighted by Crippen LogP contribution is -2.63. The van der Waals surface area contributed by atoms with Gasteiger partial charge >= 0.3 is 0 Å². The first-order valence-electron chi connectivity index (χ1n) is 10.1. The Hall–Kier alpha value is -1.73. The van der Waals surface area contributed by atoms with E-state index >= 15 is 0 Å². The first-order valence-corrected chi connectivity index (χ1v) is 11.6. The number of nitrogens with zero attached hydrogens (tertiary/aromatic N) is 2. The largest absolute Gasteiger partial charge is 0.378 e. The van der Waals surface area contributed by atoms with Crippen LogP contribution in [0, 0.1) is 5.92 Å². The zero-order chi connectivity index (χ0) is 19.1. The minimum Gasteiger partial charge on any atom is -0.378 e. The molecule has 28 heavy (non-hydrogen) atoms. The van der Waals surface area contributed by atoms with Gasteiger partial charge in [0, 0.05) is 31.7 Å². The van der Waals surface area contributed by atoms with Crippen LogP contribution in [0.5, 0.6) is 0 Å². The Kier molecular flexibility index (Phi) is 4.75. The molecule has 1 saturated carbocycles. The fourth-order valence-corrected chi connectivity index (χ4v) is 6.02. The molecular weight excluding hydrogens is 372 g/mol. The summed E-state index contributed by atoms with van der Waals surface area (Å²) in [7, 11) is -3.48. The molecule has 3 fully saturated rings. The molecule has 0 spiro atoms. The van der Waals surface area contributed by atoms with E-state index in [9.17, 15) is 8.42 Å². The highest BCUT2D eigenvalue weighted by Gasteiger charge is 2.44. The molecule has 2 atom stereocenters. The summed E-state index contributed by atoms with van der Waals surface area (Å²) in [5.74, 6) is 0.747. The van der Waals surface area contributed by atoms with Crippen LogP contribution < -0.4 is 0 Å². The standard InChI is InChI=1S/C22H26N2O3S/c25-28(26,21-10-8-18(9-11-21)17-4-2-1-3-5-17)23-12-13-24-20(14-23)15-27-16-22(24)19-6-7-19/h1-5,8-11,19-20,22H,6-7,12-16H2/t20-,22-/m1/s1. The van der Waals surface area contributed by atoms with Crippen molar-refractivity contribution in [2.24, 2.45) is 5.92 Å². The SMILES string of the molecule is O=S(=O)(c1ccc(-c2ccccc2)cc1)N1CCN2[C@@H](COC[C@@H]2C2CC2)C1. The third-order valence-electron chi connectivity index (χ3n) is 6.28. The third-order valence-corrected chi connectivity index (χ3v) is 8.16. The zero-order valence-corrected chi connectivity index (χ0v) is 16.7. The number of hydrogen-bond acceptors (Lipinski definition) is 4. The maximum absolute atomic E-state index is 13.2. The van der Waals surface area contributed by atoms with Gasteiger partial charge in [0.1, 0.15) is 0 Å². The molecule has 1 aliphatic carbocycles. The molecule has 3 aliphatic rings. The molecule has 2 heterocycles. The average molecular weight is 399 g/mol. The van der Waals surface area contributed by atoms with Gasteiger partial charge < -0.3 is 4.74 Å². The molecule has 0 radical (unpaired) electrons. The molecule has 0 aromatic heterocycles. The number of benzene rings is 2. The predicted molar refractivity (Wildman–Crippen MR) is 108 cm³/mol. The van der Waals surface area contributed by atoms with Crippen LogP contribution in [0.25, 0.3) is 11.1 Å². The number of ether oxygens (including phenoxy) is 1. The van der Waals surface area contributed by atoms with Crippen molar-refractivity contribution in [3.8, 4) is 11.1 Å². The van der Waals surface area contributed by atoms with Gasteiger partial charge in [-0.05, 0) is 42.0 Å². The lowest BCUT2D eigenvalue weighted by molar-refractivity contribution is -0.0759. The molecule has 0 unspecified atom stereocenters. The number of sulfonamides is 1. The number of rotatable bonds is 4. The topological polar surface area (TPSA) is 49.9 Å². The molecule has 2 aromatic rings. The maximum atomic E-state index is 13.2. The van der Waals surface area contributed by atoms with Crippen molar-refractivity contribution in [3.63, 3.8) is 0 Å². The quantitative estimate of drug-likeness (QED) is 0.795. The summed E-state index contributed by atoms with van der Waals surface area (Å²) >= 11 is 0. The Morgan fingerprint density at radius 1 is 0.857 bits per heavy atom. The van der Waals surface area contributed by atoms with E-state index in [1.54, 1.807) is 16.4 Å². The fraction of sp³-hybridized carbons (Fsp3) is 0.455. The van der Waals surface area contributed by atoms with Gasteiger partial charge in [0.05, 0.1) is 18.1 Å². The van der Waals surface area contributed by atoms with Gasteiger partial charge in [0.15, 0.2) is 0 Å². The number of morpholine rings is 1. The minimum absolute atomic E-state index is 0.173. The molecule has 2 aliphatic heterocycles. The second-order valence-corrected chi connectivity index (χ2v) is 10.0. The van der Waals surface area contributed by atoms with E-state index in [2.05, 4.69) is 4.90 Å². The van der Waals surface area contributed by atoms with Gasteiger partial charge in [-0.1, -0.05) is 42.5 Å². The van der Waals surface area contributed by atoms with E-state index in [-0.39, 0.29) is 6.04 Å². The van der Waals surface area contributed by atoms with Crippen molar-refractivity contribution in [3.05, 3.63) is 54.6 Å². The molecule has 0 bridgehead atoms. The molecule has 2 saturated heterocycles. The Morgan fingerprint density at radius 3 is 2.29 bits per heavy atom. The van der Waals surface area contributed by atoms with Crippen molar-refractivity contribution >= 4 is 10.0 Å². The van der Waals surface area contributed by atoms with Crippen molar-refractivity contribution in [2.75, 3.05) is 32.8 Å². The fourth-order valence-electron chi connectivity index (χ4n) is 4.55. The van der Waals surface area contributed by atoms with Crippen LogP contribution in [-0.2, 0) is 14.8 Å². The van der Waals surface area contributed by atoms with Crippen LogP contribution in [-0.4, -0.2) is 62.6 Å². The molecule has 5 nitrogen and oxygen atoms in total. The van der Waals surface area contributed by atoms with E-state index in [1.807, 2.05) is 42.5 Å². The smallest absolute Gasteiger partial charge is 0.243 e. The van der Waals surface area contributed by atoms with Crippen LogP contribution >= 0.6 is 0 Å². The third kappa shape index (κ3) is 3.39. The van der Waals surface area contributed by atoms with E-state index in [0.717, 1.165) is 30.2 Å². The van der Waals surface area contributed by atoms with Crippen LogP contribution in [0.3, 0.4) is 0 Å². The van der Waals surface area contributed by atoms with Crippen molar-refractivity contribution < 1.29 is 13.2 Å². The Morgan fingerprint density at radius 2 is 1.57 bits per heavy atom. The van der Waals surface area contributed by atoms with Gasteiger partial charge in [-0.15, -0.1) is 0 Å². The van der Waals surface area contributed by atoms with Gasteiger partial charge in [0.25, 0.3) is 0 Å². The Balaban J connectivity index is 1.33. The second kappa shape index (κ2) is 7.26. The van der Waals surface area contributed by atoms with Gasteiger partial charge in [-0.3, -0.25) is 4.90 Å². The lowest BCUT2D eigenvalue weighted by atomic mass is 10.0. The molecule has 148 valence electrons. The monoisotopic (exact) mass is 398 g/mol. The zero-order valence-electron chi connectivity index (χ0n) is 15.9. The summed E-state index contributed by atoms with van der Waals surface area (Å²) < 4.78 is 33.9. The predicted octanol–water partition coefficient (Wildman–Crippen LogP) is 2.84. The highest BCUT2D eigenvalue weighted by atomic mass is 32.2. The first kappa shape index (κ1) is 18.3. The number of hydrogen-bond donors (Lipinski definition) is 0. The van der Waals surface area contributed by atoms with Crippen molar-refractivity contribution in [2.45, 2.75) is 29.8 Å². The van der Waals surface area contributed by atoms with E-state index in [1.165, 1.54) is 12.8 Å². The second-order valence-electron chi connectivity index (χ2n) is 8.09. The number of fused-ring (bicyclic) bond motifs is 1. The highest BCUT2D eigenvalue weighted by molar-refractivity contribution is 7.89. The summed E-state index contributed by atoms with van der Waals surface area (Å²) in [4.78, 5) is 2.88. The summed E-state index contributed by atoms with van der Waals surface area (Å²) in [6.45, 7) is 3.31. The Bertz CT molecular complexity index is 926. The molecule has 2 aromatic carbocycles. The van der Waals surface area contributed by atoms with Gasteiger partial charge in [-0.25, -0.2) is 8.42 Å². The summed E-state index contributed by atoms with van der Waals surface area (Å²) in [5, 5.41) is 0. The lowest BCUT2D eigenvalue weighted by Gasteiger charge is -2.47. The van der Waals surface area contributed by atoms with Gasteiger partial charge in [-0.2, -0.15) is 4.31 Å². The van der Waals surface area contributed by atoms with Crippen LogP contribution in [0.1, 0.15) is 12.8 Å². The maximum Gasteiger partial charge on any atom is 0.243 e. The van der Waals surface area contributed by atoms with E-state index in [0.29, 0.717) is 30.6 Å². The normalized spacial score (nSPS) is 26.7. The molecule has 5 rings (SSSR count). The van der Waals surface area contributed by atoms with Crippen LogP contribution in [0.15, 0.2) is 59.5 Å².